The highest BCUT2D eigenvalue weighted by atomic mass is 32.2. The zero-order chi connectivity index (χ0) is 24.5. The minimum absolute atomic E-state index is 0.0856. The van der Waals surface area contributed by atoms with Crippen LogP contribution in [0.5, 0.6) is 0 Å². The summed E-state index contributed by atoms with van der Waals surface area (Å²) in [6.45, 7) is 2.07. The number of anilines is 1. The highest BCUT2D eigenvalue weighted by molar-refractivity contribution is 7.89. The standard InChI is InChI=1S/C22H25N7O4S/c1-13-3-6-16(34(31,32)28-14-4-5-15(7-8-23)33-12-14)9-17(13)19-10-26-21-20(24)27-18(11-29(19)21)22(30)25-2/h3,6,9-11,14-15,28H,4-5,7,12H2,1-2H3,(H2,24,27)(H,25,30)/t14-,15+/m0/s1. The summed E-state index contributed by atoms with van der Waals surface area (Å²) < 4.78 is 36.2. The van der Waals surface area contributed by atoms with E-state index in [0.29, 0.717) is 36.2 Å². The Morgan fingerprint density at radius 1 is 1.38 bits per heavy atom. The maximum Gasteiger partial charge on any atom is 0.271 e. The third kappa shape index (κ3) is 4.58. The van der Waals surface area contributed by atoms with E-state index in [1.54, 1.807) is 28.8 Å². The lowest BCUT2D eigenvalue weighted by Crippen LogP contribution is -2.42. The van der Waals surface area contributed by atoms with Crippen LogP contribution < -0.4 is 15.8 Å². The van der Waals surface area contributed by atoms with Crippen molar-refractivity contribution in [3.05, 3.63) is 41.9 Å². The van der Waals surface area contributed by atoms with E-state index in [-0.39, 0.29) is 35.2 Å². The lowest BCUT2D eigenvalue weighted by molar-refractivity contribution is 0.00523. The fourth-order valence-electron chi connectivity index (χ4n) is 3.94. The molecule has 4 N–H and O–H groups in total. The van der Waals surface area contributed by atoms with Crippen LogP contribution in [0.15, 0.2) is 35.5 Å². The number of benzene rings is 1. The normalized spacial score (nSPS) is 18.5. The van der Waals surface area contributed by atoms with Crippen LogP contribution in [0, 0.1) is 18.3 Å². The van der Waals surface area contributed by atoms with Gasteiger partial charge in [0, 0.05) is 24.8 Å². The Balaban J connectivity index is 1.67. The fourth-order valence-corrected chi connectivity index (χ4v) is 5.22. The summed E-state index contributed by atoms with van der Waals surface area (Å²) in [5, 5.41) is 11.3. The van der Waals surface area contributed by atoms with E-state index >= 15 is 0 Å². The van der Waals surface area contributed by atoms with Crippen LogP contribution in [0.1, 0.15) is 35.3 Å². The number of nitrogens with one attached hydrogen (secondary N) is 2. The van der Waals surface area contributed by atoms with Crippen LogP contribution in [0.2, 0.25) is 0 Å². The molecule has 2 aromatic heterocycles. The largest absolute Gasteiger partial charge is 0.381 e. The molecule has 4 rings (SSSR count). The Morgan fingerprint density at radius 3 is 2.85 bits per heavy atom. The maximum atomic E-state index is 13.1. The molecule has 12 heteroatoms. The number of carbonyl (C=O) groups excluding carboxylic acids is 1. The first-order valence-corrected chi connectivity index (χ1v) is 12.2. The smallest absolute Gasteiger partial charge is 0.271 e. The molecule has 1 saturated heterocycles. The first-order valence-electron chi connectivity index (χ1n) is 10.7. The van der Waals surface area contributed by atoms with Gasteiger partial charge in [-0.15, -0.1) is 0 Å². The molecule has 3 heterocycles. The molecule has 1 aliphatic heterocycles. The van der Waals surface area contributed by atoms with Crippen molar-refractivity contribution >= 4 is 27.4 Å². The number of amides is 1. The third-order valence-corrected chi connectivity index (χ3v) is 7.30. The number of aromatic nitrogens is 3. The number of ether oxygens (including phenoxy) is 1. The quantitative estimate of drug-likeness (QED) is 0.473. The molecular formula is C22H25N7O4S. The van der Waals surface area contributed by atoms with Crippen LogP contribution in [-0.4, -0.2) is 54.5 Å². The Morgan fingerprint density at radius 2 is 2.18 bits per heavy atom. The summed E-state index contributed by atoms with van der Waals surface area (Å²) in [7, 11) is -2.34. The second-order valence-electron chi connectivity index (χ2n) is 8.12. The van der Waals surface area contributed by atoms with Crippen molar-refractivity contribution < 1.29 is 17.9 Å². The average Bonchev–Trinajstić information content (AvgIpc) is 3.24. The van der Waals surface area contributed by atoms with Crippen LogP contribution in [0.25, 0.3) is 16.9 Å². The number of carbonyl (C=O) groups is 1. The number of hydrogen-bond acceptors (Lipinski definition) is 8. The van der Waals surface area contributed by atoms with Gasteiger partial charge in [-0.05, 0) is 37.5 Å². The van der Waals surface area contributed by atoms with Gasteiger partial charge in [-0.1, -0.05) is 6.07 Å². The monoisotopic (exact) mass is 483 g/mol. The van der Waals surface area contributed by atoms with Crippen molar-refractivity contribution in [1.82, 2.24) is 24.4 Å². The Hall–Kier alpha value is -3.53. The van der Waals surface area contributed by atoms with Crippen molar-refractivity contribution in [3.63, 3.8) is 0 Å². The topological polar surface area (TPSA) is 164 Å². The molecule has 3 aromatic rings. The van der Waals surface area contributed by atoms with Crippen molar-refractivity contribution in [2.24, 2.45) is 0 Å². The van der Waals surface area contributed by atoms with Gasteiger partial charge in [0.05, 0.1) is 42.0 Å². The predicted molar refractivity (Wildman–Crippen MR) is 124 cm³/mol. The van der Waals surface area contributed by atoms with Crippen LogP contribution >= 0.6 is 0 Å². The predicted octanol–water partition coefficient (Wildman–Crippen LogP) is 1.39. The van der Waals surface area contributed by atoms with Crippen LogP contribution in [0.4, 0.5) is 5.82 Å². The molecule has 0 aliphatic carbocycles. The van der Waals surface area contributed by atoms with E-state index in [2.05, 4.69) is 26.1 Å². The van der Waals surface area contributed by atoms with Gasteiger partial charge in [-0.2, -0.15) is 5.26 Å². The summed E-state index contributed by atoms with van der Waals surface area (Å²) in [6, 6.07) is 6.53. The van der Waals surface area contributed by atoms with Crippen molar-refractivity contribution in [2.45, 2.75) is 43.2 Å². The number of nitriles is 1. The zero-order valence-corrected chi connectivity index (χ0v) is 19.6. The molecule has 1 aliphatic rings. The number of fused-ring (bicyclic) bond motifs is 1. The number of nitrogen functional groups attached to an aromatic ring is 1. The lowest BCUT2D eigenvalue weighted by Gasteiger charge is -2.28. The van der Waals surface area contributed by atoms with E-state index in [0.717, 1.165) is 5.56 Å². The minimum atomic E-state index is -3.83. The van der Waals surface area contributed by atoms with Crippen molar-refractivity contribution in [1.29, 1.82) is 5.26 Å². The molecule has 0 saturated carbocycles. The summed E-state index contributed by atoms with van der Waals surface area (Å²) in [5.41, 5.74) is 8.49. The summed E-state index contributed by atoms with van der Waals surface area (Å²) >= 11 is 0. The molecule has 2 atom stereocenters. The van der Waals surface area contributed by atoms with Gasteiger partial charge < -0.3 is 15.8 Å². The van der Waals surface area contributed by atoms with E-state index in [9.17, 15) is 13.2 Å². The minimum Gasteiger partial charge on any atom is -0.381 e. The number of imidazole rings is 1. The molecular weight excluding hydrogens is 458 g/mol. The zero-order valence-electron chi connectivity index (χ0n) is 18.8. The van der Waals surface area contributed by atoms with Crippen LogP contribution in [-0.2, 0) is 14.8 Å². The Kier molecular flexibility index (Phi) is 6.52. The number of nitrogens with zero attached hydrogens (tertiary/aromatic N) is 4. The highest BCUT2D eigenvalue weighted by Gasteiger charge is 2.27. The first kappa shape index (κ1) is 23.6. The molecule has 178 valence electrons. The van der Waals surface area contributed by atoms with E-state index in [4.69, 9.17) is 15.7 Å². The number of nitrogens with two attached hydrogens (primary N) is 1. The van der Waals surface area contributed by atoms with Gasteiger partial charge in [0.15, 0.2) is 11.5 Å². The molecule has 0 spiro atoms. The molecule has 11 nitrogen and oxygen atoms in total. The number of hydrogen-bond donors (Lipinski definition) is 3. The number of rotatable bonds is 6. The lowest BCUT2D eigenvalue weighted by atomic mass is 10.0. The first-order chi connectivity index (χ1) is 16.2. The molecule has 34 heavy (non-hydrogen) atoms. The second kappa shape index (κ2) is 9.38. The van der Waals surface area contributed by atoms with E-state index in [1.807, 2.05) is 6.92 Å². The third-order valence-electron chi connectivity index (χ3n) is 5.78. The van der Waals surface area contributed by atoms with Crippen molar-refractivity contribution in [3.8, 4) is 17.3 Å². The van der Waals surface area contributed by atoms with Gasteiger partial charge in [0.25, 0.3) is 5.91 Å². The van der Waals surface area contributed by atoms with Gasteiger partial charge in [0.1, 0.15) is 5.69 Å². The summed E-state index contributed by atoms with van der Waals surface area (Å²) in [6.07, 6.45) is 4.42. The molecule has 1 fully saturated rings. The molecule has 1 aromatic carbocycles. The second-order valence-corrected chi connectivity index (χ2v) is 9.83. The molecule has 0 radical (unpaired) electrons. The van der Waals surface area contributed by atoms with Crippen LogP contribution in [0.3, 0.4) is 0 Å². The molecule has 0 unspecified atom stereocenters. The van der Waals surface area contributed by atoms with E-state index in [1.165, 1.54) is 13.2 Å². The highest BCUT2D eigenvalue weighted by Crippen LogP contribution is 2.29. The fraction of sp³-hybridized carbons (Fsp3) is 0.364. The van der Waals surface area contributed by atoms with Gasteiger partial charge in [0.2, 0.25) is 10.0 Å². The van der Waals surface area contributed by atoms with Gasteiger partial charge in [-0.25, -0.2) is 23.1 Å². The number of sulfonamides is 1. The van der Waals surface area contributed by atoms with Gasteiger partial charge >= 0.3 is 0 Å². The Bertz CT molecular complexity index is 1390. The Labute approximate surface area is 197 Å². The average molecular weight is 484 g/mol. The number of aryl methyl sites for hydroxylation is 1. The SMILES string of the molecule is CNC(=O)c1cn2c(-c3cc(S(=O)(=O)N[C@H]4CC[C@H](CC#N)OC4)ccc3C)cnc2c(N)n1. The van der Waals surface area contributed by atoms with Crippen molar-refractivity contribution in [2.75, 3.05) is 19.4 Å². The van der Waals surface area contributed by atoms with Gasteiger partial charge in [-0.3, -0.25) is 9.20 Å². The summed E-state index contributed by atoms with van der Waals surface area (Å²) in [5.74, 6) is -0.320. The molecule has 0 bridgehead atoms. The van der Waals surface area contributed by atoms with E-state index < -0.39 is 15.9 Å². The molecule has 1 amide bonds. The maximum absolute atomic E-state index is 13.1. The summed E-state index contributed by atoms with van der Waals surface area (Å²) in [4.78, 5) is 20.6.